The Hall–Kier alpha value is -1.64. The molecule has 1 radical (unpaired) electrons. The van der Waals surface area contributed by atoms with Gasteiger partial charge in [0.05, 0.1) is 6.07 Å². The second kappa shape index (κ2) is 2.20. The molecule has 0 fully saturated rings. The van der Waals surface area contributed by atoms with Crippen LogP contribution in [-0.2, 0) is 0 Å². The monoisotopic (exact) mass is 145 g/mol. The van der Waals surface area contributed by atoms with E-state index in [4.69, 9.17) is 0 Å². The lowest BCUT2D eigenvalue weighted by atomic mass is 10.3. The van der Waals surface area contributed by atoms with E-state index in [-0.39, 0.29) is 5.56 Å². The number of fused-ring (bicyclic) bond motifs is 1. The van der Waals surface area contributed by atoms with Gasteiger partial charge in [-0.15, -0.1) is 0 Å². The minimum atomic E-state index is -0.240. The lowest BCUT2D eigenvalue weighted by molar-refractivity contribution is 1.23. The Labute approximate surface area is 62.7 Å². The average Bonchev–Trinajstić information content (AvgIpc) is 2.04. The van der Waals surface area contributed by atoms with Crippen LogP contribution in [0.2, 0.25) is 0 Å². The van der Waals surface area contributed by atoms with Crippen molar-refractivity contribution in [2.45, 2.75) is 0 Å². The molecule has 2 rings (SSSR count). The summed E-state index contributed by atoms with van der Waals surface area (Å²) >= 11 is 0. The van der Waals surface area contributed by atoms with Gasteiger partial charge in [0.15, 0.2) is 0 Å². The average molecular weight is 145 g/mol. The van der Waals surface area contributed by atoms with Gasteiger partial charge in [0.1, 0.15) is 5.65 Å². The molecule has 0 unspecified atom stereocenters. The van der Waals surface area contributed by atoms with Gasteiger partial charge in [0, 0.05) is 11.6 Å². The second-order valence-electron chi connectivity index (χ2n) is 2.18. The first-order valence-electron chi connectivity index (χ1n) is 3.22. The fourth-order valence-electron chi connectivity index (χ4n) is 0.926. The van der Waals surface area contributed by atoms with Gasteiger partial charge < -0.3 is 4.98 Å². The minimum absolute atomic E-state index is 0.240. The number of hydrogen-bond donors (Lipinski definition) is 1. The van der Waals surface area contributed by atoms with Gasteiger partial charge in [-0.3, -0.25) is 4.79 Å². The van der Waals surface area contributed by atoms with Gasteiger partial charge in [-0.2, -0.15) is 0 Å². The lowest BCUT2D eigenvalue weighted by Crippen LogP contribution is -2.03. The summed E-state index contributed by atoms with van der Waals surface area (Å²) in [5.41, 5.74) is 0.368. The highest BCUT2D eigenvalue weighted by molar-refractivity contribution is 5.73. The summed E-state index contributed by atoms with van der Waals surface area (Å²) in [7, 11) is 0. The van der Waals surface area contributed by atoms with Crippen molar-refractivity contribution >= 4 is 11.0 Å². The molecular weight excluding hydrogens is 140 g/mol. The summed E-state index contributed by atoms with van der Waals surface area (Å²) < 4.78 is 0. The number of hydrogen-bond acceptors (Lipinski definition) is 2. The molecule has 0 aromatic carbocycles. The van der Waals surface area contributed by atoms with Gasteiger partial charge in [-0.25, -0.2) is 4.98 Å². The molecule has 0 spiro atoms. The number of nitrogens with one attached hydrogen (secondary N) is 1. The summed E-state index contributed by atoms with van der Waals surface area (Å²) in [6.07, 6.45) is 1.64. The Kier molecular flexibility index (Phi) is 1.22. The van der Waals surface area contributed by atoms with Crippen LogP contribution in [0.3, 0.4) is 0 Å². The molecule has 0 atom stereocenters. The number of aromatic nitrogens is 2. The fraction of sp³-hybridized carbons (Fsp3) is 0. The van der Waals surface area contributed by atoms with Crippen molar-refractivity contribution < 1.29 is 0 Å². The van der Waals surface area contributed by atoms with Crippen LogP contribution in [0.25, 0.3) is 11.0 Å². The SMILES string of the molecule is O=c1[c]cc2cccnc2[nH]1. The highest BCUT2D eigenvalue weighted by Crippen LogP contribution is 2.02. The molecule has 0 bridgehead atoms. The normalized spacial score (nSPS) is 10.2. The summed E-state index contributed by atoms with van der Waals surface area (Å²) in [5, 5.41) is 0.895. The maximum atomic E-state index is 10.7. The molecule has 1 N–H and O–H groups in total. The first-order chi connectivity index (χ1) is 5.36. The van der Waals surface area contributed by atoms with Crippen LogP contribution in [0.5, 0.6) is 0 Å². The summed E-state index contributed by atoms with van der Waals surface area (Å²) in [6, 6.07) is 7.83. The van der Waals surface area contributed by atoms with Crippen LogP contribution in [-0.4, -0.2) is 9.97 Å². The Morgan fingerprint density at radius 3 is 3.36 bits per heavy atom. The topological polar surface area (TPSA) is 45.8 Å². The molecule has 0 saturated heterocycles. The van der Waals surface area contributed by atoms with Crippen molar-refractivity contribution in [2.75, 3.05) is 0 Å². The van der Waals surface area contributed by atoms with Crippen LogP contribution >= 0.6 is 0 Å². The first kappa shape index (κ1) is 6.09. The minimum Gasteiger partial charge on any atom is -0.306 e. The van der Waals surface area contributed by atoms with Gasteiger partial charge in [0.2, 0.25) is 0 Å². The number of nitrogens with zero attached hydrogens (tertiary/aromatic N) is 1. The van der Waals surface area contributed by atoms with Crippen LogP contribution in [0.15, 0.2) is 29.2 Å². The zero-order valence-corrected chi connectivity index (χ0v) is 5.66. The highest BCUT2D eigenvalue weighted by Gasteiger charge is 1.91. The Morgan fingerprint density at radius 2 is 2.45 bits per heavy atom. The zero-order chi connectivity index (χ0) is 7.68. The van der Waals surface area contributed by atoms with Gasteiger partial charge in [-0.1, -0.05) is 0 Å². The Morgan fingerprint density at radius 1 is 1.55 bits per heavy atom. The highest BCUT2D eigenvalue weighted by atomic mass is 16.1. The lowest BCUT2D eigenvalue weighted by Gasteiger charge is -1.91. The maximum absolute atomic E-state index is 10.7. The molecule has 3 nitrogen and oxygen atoms in total. The van der Waals surface area contributed by atoms with Crippen molar-refractivity contribution in [1.82, 2.24) is 9.97 Å². The summed E-state index contributed by atoms with van der Waals surface area (Å²) in [4.78, 5) is 17.3. The Balaban J connectivity index is 2.94. The standard InChI is InChI=1S/C8H5N2O/c11-7-4-3-6-2-1-5-9-8(6)10-7/h1-3,5H,(H,9,10,11). The van der Waals surface area contributed by atoms with E-state index in [1.54, 1.807) is 12.3 Å². The van der Waals surface area contributed by atoms with Crippen molar-refractivity contribution in [3.63, 3.8) is 0 Å². The first-order valence-corrected chi connectivity index (χ1v) is 3.22. The maximum Gasteiger partial charge on any atom is 0.257 e. The number of pyridine rings is 2. The third-order valence-electron chi connectivity index (χ3n) is 1.43. The molecule has 0 aliphatic carbocycles. The molecule has 11 heavy (non-hydrogen) atoms. The van der Waals surface area contributed by atoms with Crippen molar-refractivity contribution in [3.8, 4) is 0 Å². The van der Waals surface area contributed by atoms with Gasteiger partial charge in [0.25, 0.3) is 5.56 Å². The molecule has 0 saturated carbocycles. The molecule has 2 aromatic rings. The molecule has 2 heterocycles. The fourth-order valence-corrected chi connectivity index (χ4v) is 0.926. The van der Waals surface area contributed by atoms with E-state index in [1.165, 1.54) is 0 Å². The van der Waals surface area contributed by atoms with Crippen molar-refractivity contribution in [1.29, 1.82) is 0 Å². The van der Waals surface area contributed by atoms with E-state index in [0.29, 0.717) is 5.65 Å². The second-order valence-corrected chi connectivity index (χ2v) is 2.18. The molecule has 0 amide bonds. The molecule has 2 aromatic heterocycles. The van der Waals surface area contributed by atoms with Gasteiger partial charge in [-0.05, 0) is 18.2 Å². The molecule has 0 aliphatic heterocycles. The predicted molar refractivity (Wildman–Crippen MR) is 41.2 cm³/mol. The number of aromatic amines is 1. The summed E-state index contributed by atoms with van der Waals surface area (Å²) in [6.45, 7) is 0. The van der Waals surface area contributed by atoms with Crippen molar-refractivity contribution in [3.05, 3.63) is 40.8 Å². The Bertz CT molecular complexity index is 433. The van der Waals surface area contributed by atoms with E-state index in [2.05, 4.69) is 16.0 Å². The van der Waals surface area contributed by atoms with Gasteiger partial charge >= 0.3 is 0 Å². The van der Waals surface area contributed by atoms with E-state index in [9.17, 15) is 4.79 Å². The molecule has 3 heteroatoms. The largest absolute Gasteiger partial charge is 0.306 e. The van der Waals surface area contributed by atoms with E-state index in [1.807, 2.05) is 12.1 Å². The smallest absolute Gasteiger partial charge is 0.257 e. The van der Waals surface area contributed by atoms with Crippen LogP contribution in [0.1, 0.15) is 0 Å². The third-order valence-corrected chi connectivity index (χ3v) is 1.43. The van der Waals surface area contributed by atoms with Crippen LogP contribution < -0.4 is 5.56 Å². The van der Waals surface area contributed by atoms with Crippen molar-refractivity contribution in [2.24, 2.45) is 0 Å². The van der Waals surface area contributed by atoms with E-state index < -0.39 is 0 Å². The van der Waals surface area contributed by atoms with E-state index in [0.717, 1.165) is 5.39 Å². The quantitative estimate of drug-likeness (QED) is 0.593. The van der Waals surface area contributed by atoms with Crippen LogP contribution in [0, 0.1) is 6.07 Å². The van der Waals surface area contributed by atoms with E-state index >= 15 is 0 Å². The molecular formula is C8H5N2O. The third kappa shape index (κ3) is 1.00. The predicted octanol–water partition coefficient (Wildman–Crippen LogP) is 0.723. The summed E-state index contributed by atoms with van der Waals surface area (Å²) in [5.74, 6) is 0. The van der Waals surface area contributed by atoms with Crippen LogP contribution in [0.4, 0.5) is 0 Å². The molecule has 53 valence electrons. The number of H-pyrrole nitrogens is 1. The molecule has 0 aliphatic rings. The number of rotatable bonds is 0. The zero-order valence-electron chi connectivity index (χ0n) is 5.66.